The molecule has 5 nitrogen and oxygen atoms in total. The van der Waals surface area contributed by atoms with Gasteiger partial charge in [0.05, 0.1) is 0 Å². The van der Waals surface area contributed by atoms with E-state index in [9.17, 15) is 13.5 Å². The predicted octanol–water partition coefficient (Wildman–Crippen LogP) is 1.25. The monoisotopic (exact) mass is 290 g/mol. The molecule has 112 valence electrons. The van der Waals surface area contributed by atoms with Gasteiger partial charge in [-0.05, 0) is 25.7 Å². The Labute approximate surface area is 116 Å². The summed E-state index contributed by atoms with van der Waals surface area (Å²) in [6, 6.07) is -0.134. The highest BCUT2D eigenvalue weighted by Gasteiger charge is 2.41. The lowest BCUT2D eigenvalue weighted by atomic mass is 9.86. The molecule has 6 heteroatoms. The quantitative estimate of drug-likeness (QED) is 0.818. The summed E-state index contributed by atoms with van der Waals surface area (Å²) in [4.78, 5) is 0. The molecule has 0 radical (unpaired) electrons. The molecule has 2 N–H and O–H groups in total. The molecule has 0 unspecified atom stereocenters. The van der Waals surface area contributed by atoms with Crippen LogP contribution >= 0.6 is 0 Å². The van der Waals surface area contributed by atoms with Crippen LogP contribution in [0.1, 0.15) is 51.9 Å². The van der Waals surface area contributed by atoms with Crippen molar-refractivity contribution in [3.8, 4) is 0 Å². The molecule has 0 bridgehead atoms. The number of hydrogen-bond acceptors (Lipinski definition) is 3. The third-order valence-electron chi connectivity index (χ3n) is 4.64. The van der Waals surface area contributed by atoms with Gasteiger partial charge in [0.1, 0.15) is 0 Å². The first-order chi connectivity index (χ1) is 8.98. The molecule has 19 heavy (non-hydrogen) atoms. The molecule has 2 atom stereocenters. The third-order valence-corrected chi connectivity index (χ3v) is 6.27. The Hall–Kier alpha value is -0.170. The maximum atomic E-state index is 12.4. The van der Waals surface area contributed by atoms with Crippen LogP contribution in [-0.4, -0.2) is 43.6 Å². The lowest BCUT2D eigenvalue weighted by molar-refractivity contribution is 0.126. The fourth-order valence-electron chi connectivity index (χ4n) is 3.16. The average molecular weight is 290 g/mol. The Balaban J connectivity index is 2.04. The molecule has 0 aromatic heterocycles. The van der Waals surface area contributed by atoms with Crippen molar-refractivity contribution in [3.63, 3.8) is 0 Å². The van der Waals surface area contributed by atoms with Crippen LogP contribution in [0.2, 0.25) is 0 Å². The second kappa shape index (κ2) is 6.08. The summed E-state index contributed by atoms with van der Waals surface area (Å²) in [5.74, 6) is 0. The van der Waals surface area contributed by atoms with Gasteiger partial charge in [-0.25, -0.2) is 0 Å². The Kier molecular flexibility index (Phi) is 4.87. The van der Waals surface area contributed by atoms with Crippen molar-refractivity contribution in [2.24, 2.45) is 5.41 Å². The molecule has 0 spiro atoms. The standard InChI is InChI=1S/C13H26N2O3S/c1-13(11-16)8-6-7-12(13)14-19(17,18)15-9-4-2-3-5-10-15/h12,14,16H,2-11H2,1H3/t12-,13+/m1/s1. The molecule has 2 rings (SSSR count). The van der Waals surface area contributed by atoms with Gasteiger partial charge in [0.2, 0.25) is 0 Å². The van der Waals surface area contributed by atoms with E-state index in [1.165, 1.54) is 0 Å². The van der Waals surface area contributed by atoms with Crippen molar-refractivity contribution in [1.82, 2.24) is 9.03 Å². The van der Waals surface area contributed by atoms with E-state index in [1.807, 2.05) is 6.92 Å². The molecule has 0 amide bonds. The van der Waals surface area contributed by atoms with Gasteiger partial charge in [0.25, 0.3) is 10.2 Å². The summed E-state index contributed by atoms with van der Waals surface area (Å²) in [6.07, 6.45) is 6.81. The van der Waals surface area contributed by atoms with Gasteiger partial charge < -0.3 is 5.11 Å². The molecule has 0 aromatic rings. The molecule has 0 aromatic carbocycles. The Morgan fingerprint density at radius 2 is 1.84 bits per heavy atom. The number of aliphatic hydroxyl groups excluding tert-OH is 1. The first kappa shape index (κ1) is 15.2. The molecule has 2 aliphatic rings. The lowest BCUT2D eigenvalue weighted by Crippen LogP contribution is -2.50. The number of nitrogens with zero attached hydrogens (tertiary/aromatic N) is 1. The highest BCUT2D eigenvalue weighted by molar-refractivity contribution is 7.87. The van der Waals surface area contributed by atoms with Crippen molar-refractivity contribution in [1.29, 1.82) is 0 Å². The molecule has 1 heterocycles. The first-order valence-corrected chi connectivity index (χ1v) is 8.80. The normalized spacial score (nSPS) is 34.3. The van der Waals surface area contributed by atoms with Crippen molar-refractivity contribution < 1.29 is 13.5 Å². The second-order valence-corrected chi connectivity index (χ2v) is 7.90. The summed E-state index contributed by atoms with van der Waals surface area (Å²) < 4.78 is 29.3. The summed E-state index contributed by atoms with van der Waals surface area (Å²) in [6.45, 7) is 3.26. The molecule has 1 aliphatic heterocycles. The SMILES string of the molecule is C[C@@]1(CO)CCC[C@H]1NS(=O)(=O)N1CCCCCC1. The van der Waals surface area contributed by atoms with Gasteiger partial charge in [-0.2, -0.15) is 17.4 Å². The van der Waals surface area contributed by atoms with Crippen LogP contribution < -0.4 is 4.72 Å². The van der Waals surface area contributed by atoms with Crippen LogP contribution in [0.25, 0.3) is 0 Å². The van der Waals surface area contributed by atoms with Crippen LogP contribution in [0.15, 0.2) is 0 Å². The minimum Gasteiger partial charge on any atom is -0.396 e. The van der Waals surface area contributed by atoms with E-state index in [-0.39, 0.29) is 18.1 Å². The minimum absolute atomic E-state index is 0.0419. The van der Waals surface area contributed by atoms with Crippen LogP contribution in [0.3, 0.4) is 0 Å². The van der Waals surface area contributed by atoms with Crippen LogP contribution in [0, 0.1) is 5.41 Å². The fraction of sp³-hybridized carbons (Fsp3) is 1.00. The zero-order valence-electron chi connectivity index (χ0n) is 11.8. The van der Waals surface area contributed by atoms with Crippen molar-refractivity contribution in [2.45, 2.75) is 57.9 Å². The van der Waals surface area contributed by atoms with Gasteiger partial charge >= 0.3 is 0 Å². The second-order valence-electron chi connectivity index (χ2n) is 6.19. The van der Waals surface area contributed by atoms with E-state index in [0.717, 1.165) is 44.9 Å². The number of rotatable bonds is 4. The zero-order valence-corrected chi connectivity index (χ0v) is 12.6. The lowest BCUT2D eigenvalue weighted by Gasteiger charge is -2.32. The van der Waals surface area contributed by atoms with Gasteiger partial charge in [-0.3, -0.25) is 0 Å². The van der Waals surface area contributed by atoms with Gasteiger partial charge in [0.15, 0.2) is 0 Å². The highest BCUT2D eigenvalue weighted by Crippen LogP contribution is 2.37. The smallest absolute Gasteiger partial charge is 0.279 e. The Bertz CT molecular complexity index is 391. The number of hydrogen-bond donors (Lipinski definition) is 2. The third kappa shape index (κ3) is 3.48. The van der Waals surface area contributed by atoms with Gasteiger partial charge in [-0.1, -0.05) is 26.2 Å². The minimum atomic E-state index is -3.40. The van der Waals surface area contributed by atoms with Gasteiger partial charge in [-0.15, -0.1) is 0 Å². The van der Waals surface area contributed by atoms with Gasteiger partial charge in [0, 0.05) is 31.2 Å². The first-order valence-electron chi connectivity index (χ1n) is 7.36. The largest absolute Gasteiger partial charge is 0.396 e. The van der Waals surface area contributed by atoms with Crippen LogP contribution in [0.5, 0.6) is 0 Å². The Morgan fingerprint density at radius 3 is 2.42 bits per heavy atom. The van der Waals surface area contributed by atoms with Crippen LogP contribution in [0.4, 0.5) is 0 Å². The molecular formula is C13H26N2O3S. The van der Waals surface area contributed by atoms with Crippen LogP contribution in [-0.2, 0) is 10.2 Å². The van der Waals surface area contributed by atoms with E-state index in [0.29, 0.717) is 13.1 Å². The number of nitrogens with one attached hydrogen (secondary N) is 1. The maximum Gasteiger partial charge on any atom is 0.279 e. The van der Waals surface area contributed by atoms with E-state index >= 15 is 0 Å². The van der Waals surface area contributed by atoms with E-state index in [1.54, 1.807) is 4.31 Å². The fourth-order valence-corrected chi connectivity index (χ4v) is 4.81. The van der Waals surface area contributed by atoms with E-state index in [4.69, 9.17) is 0 Å². The summed E-state index contributed by atoms with van der Waals surface area (Å²) in [7, 11) is -3.40. The van der Waals surface area contributed by atoms with Crippen molar-refractivity contribution >= 4 is 10.2 Å². The summed E-state index contributed by atoms with van der Waals surface area (Å²) in [5, 5.41) is 9.50. The van der Waals surface area contributed by atoms with E-state index in [2.05, 4.69) is 4.72 Å². The van der Waals surface area contributed by atoms with Crippen molar-refractivity contribution in [2.75, 3.05) is 19.7 Å². The Morgan fingerprint density at radius 1 is 1.21 bits per heavy atom. The topological polar surface area (TPSA) is 69.6 Å². The molecule has 1 aliphatic carbocycles. The molecular weight excluding hydrogens is 264 g/mol. The van der Waals surface area contributed by atoms with E-state index < -0.39 is 10.2 Å². The highest BCUT2D eigenvalue weighted by atomic mass is 32.2. The molecule has 2 fully saturated rings. The molecule has 1 saturated heterocycles. The summed E-state index contributed by atoms with van der Waals surface area (Å²) in [5.41, 5.74) is -0.307. The number of aliphatic hydroxyl groups is 1. The predicted molar refractivity (Wildman–Crippen MR) is 74.9 cm³/mol. The maximum absolute atomic E-state index is 12.4. The summed E-state index contributed by atoms with van der Waals surface area (Å²) >= 11 is 0. The average Bonchev–Trinajstić information content (AvgIpc) is 2.60. The van der Waals surface area contributed by atoms with Crippen molar-refractivity contribution in [3.05, 3.63) is 0 Å². The zero-order chi connectivity index (χ0) is 13.9. The molecule has 1 saturated carbocycles.